The van der Waals surface area contributed by atoms with Crippen molar-refractivity contribution in [2.24, 2.45) is 5.92 Å². The van der Waals surface area contributed by atoms with Gasteiger partial charge in [0, 0.05) is 24.0 Å². The van der Waals surface area contributed by atoms with Gasteiger partial charge < -0.3 is 0 Å². The number of hydrogen-bond acceptors (Lipinski definition) is 2. The zero-order valence-corrected chi connectivity index (χ0v) is 14.4. The minimum atomic E-state index is -3.49. The maximum atomic E-state index is 12.6. The predicted molar refractivity (Wildman–Crippen MR) is 84.9 cm³/mol. The standard InChI is InChI=1S/C14H21Cl2NO2S/c1-4-11(3)10-17(5-2)20(18,19)13-6-7-14(16)12(8-13)9-15/h6-8,11H,4-5,9-10H2,1-3H3. The number of hydrogen-bond donors (Lipinski definition) is 0. The molecule has 1 unspecified atom stereocenters. The molecule has 0 aliphatic carbocycles. The second-order valence-corrected chi connectivity index (χ2v) is 7.47. The number of alkyl halides is 1. The fraction of sp³-hybridized carbons (Fsp3) is 0.571. The molecule has 1 atom stereocenters. The molecule has 0 saturated heterocycles. The first-order chi connectivity index (χ1) is 9.36. The van der Waals surface area contributed by atoms with Gasteiger partial charge in [0.1, 0.15) is 0 Å². The summed E-state index contributed by atoms with van der Waals surface area (Å²) in [6.07, 6.45) is 0.944. The lowest BCUT2D eigenvalue weighted by atomic mass is 10.1. The van der Waals surface area contributed by atoms with Crippen LogP contribution in [0.3, 0.4) is 0 Å². The van der Waals surface area contributed by atoms with E-state index in [-0.39, 0.29) is 10.8 Å². The summed E-state index contributed by atoms with van der Waals surface area (Å²) in [5.74, 6) is 0.518. The Labute approximate surface area is 131 Å². The van der Waals surface area contributed by atoms with Gasteiger partial charge >= 0.3 is 0 Å². The third-order valence-electron chi connectivity index (χ3n) is 3.36. The monoisotopic (exact) mass is 337 g/mol. The lowest BCUT2D eigenvalue weighted by Crippen LogP contribution is -2.34. The van der Waals surface area contributed by atoms with Gasteiger partial charge in [-0.3, -0.25) is 0 Å². The van der Waals surface area contributed by atoms with Gasteiger partial charge in [-0.25, -0.2) is 8.42 Å². The number of halogens is 2. The van der Waals surface area contributed by atoms with Gasteiger partial charge in [0.25, 0.3) is 0 Å². The van der Waals surface area contributed by atoms with Crippen molar-refractivity contribution in [1.29, 1.82) is 0 Å². The molecule has 20 heavy (non-hydrogen) atoms. The summed E-state index contributed by atoms with van der Waals surface area (Å²) in [7, 11) is -3.49. The lowest BCUT2D eigenvalue weighted by molar-refractivity contribution is 0.361. The molecular weight excluding hydrogens is 317 g/mol. The fourth-order valence-corrected chi connectivity index (χ4v) is 3.93. The first kappa shape index (κ1) is 17.8. The molecule has 0 N–H and O–H groups in total. The Hall–Kier alpha value is -0.290. The molecule has 0 bridgehead atoms. The fourth-order valence-electron chi connectivity index (χ4n) is 1.84. The number of benzene rings is 1. The van der Waals surface area contributed by atoms with Crippen molar-refractivity contribution < 1.29 is 8.42 Å². The van der Waals surface area contributed by atoms with Gasteiger partial charge in [0.15, 0.2) is 0 Å². The third kappa shape index (κ3) is 4.10. The molecule has 6 heteroatoms. The van der Waals surface area contributed by atoms with Crippen molar-refractivity contribution in [3.8, 4) is 0 Å². The molecule has 0 spiro atoms. The maximum absolute atomic E-state index is 12.6. The third-order valence-corrected chi connectivity index (χ3v) is 5.96. The van der Waals surface area contributed by atoms with Crippen molar-refractivity contribution in [3.63, 3.8) is 0 Å². The molecule has 0 amide bonds. The van der Waals surface area contributed by atoms with E-state index in [1.807, 2.05) is 13.8 Å². The van der Waals surface area contributed by atoms with Gasteiger partial charge in [0.2, 0.25) is 10.0 Å². The molecule has 0 fully saturated rings. The molecule has 1 rings (SSSR count). The first-order valence-electron chi connectivity index (χ1n) is 6.71. The highest BCUT2D eigenvalue weighted by atomic mass is 35.5. The largest absolute Gasteiger partial charge is 0.243 e. The van der Waals surface area contributed by atoms with E-state index in [1.54, 1.807) is 12.1 Å². The van der Waals surface area contributed by atoms with Crippen molar-refractivity contribution in [3.05, 3.63) is 28.8 Å². The number of sulfonamides is 1. The van der Waals surface area contributed by atoms with Crippen molar-refractivity contribution in [1.82, 2.24) is 4.31 Å². The molecule has 1 aromatic rings. The van der Waals surface area contributed by atoms with Crippen LogP contribution in [-0.4, -0.2) is 25.8 Å². The highest BCUT2D eigenvalue weighted by Crippen LogP contribution is 2.24. The SMILES string of the molecule is CCC(C)CN(CC)S(=O)(=O)c1ccc(Cl)c(CCl)c1. The Kier molecular flexibility index (Phi) is 6.79. The molecule has 1 aromatic carbocycles. The van der Waals surface area contributed by atoms with E-state index in [9.17, 15) is 8.42 Å². The average Bonchev–Trinajstić information content (AvgIpc) is 2.44. The van der Waals surface area contributed by atoms with Gasteiger partial charge in [0.05, 0.1) is 4.90 Å². The molecule has 114 valence electrons. The summed E-state index contributed by atoms with van der Waals surface area (Å²) in [5.41, 5.74) is 0.633. The average molecular weight is 338 g/mol. The van der Waals surface area contributed by atoms with E-state index < -0.39 is 10.0 Å². The van der Waals surface area contributed by atoms with E-state index in [2.05, 4.69) is 6.92 Å². The van der Waals surface area contributed by atoms with E-state index in [4.69, 9.17) is 23.2 Å². The smallest absolute Gasteiger partial charge is 0.207 e. The van der Waals surface area contributed by atoms with Crippen LogP contribution in [0.15, 0.2) is 23.1 Å². The van der Waals surface area contributed by atoms with Crippen LogP contribution in [-0.2, 0) is 15.9 Å². The van der Waals surface area contributed by atoms with Crippen LogP contribution < -0.4 is 0 Å². The van der Waals surface area contributed by atoms with Crippen LogP contribution >= 0.6 is 23.2 Å². The molecular formula is C14H21Cl2NO2S. The summed E-state index contributed by atoms with van der Waals surface area (Å²) >= 11 is 11.8. The van der Waals surface area contributed by atoms with Crippen LogP contribution in [0.5, 0.6) is 0 Å². The summed E-state index contributed by atoms with van der Waals surface area (Å²) in [5, 5.41) is 0.490. The van der Waals surface area contributed by atoms with Crippen LogP contribution in [0.25, 0.3) is 0 Å². The van der Waals surface area contributed by atoms with Crippen LogP contribution in [0.2, 0.25) is 5.02 Å². The molecule has 3 nitrogen and oxygen atoms in total. The topological polar surface area (TPSA) is 37.4 Å². The maximum Gasteiger partial charge on any atom is 0.243 e. The predicted octanol–water partition coefficient (Wildman–Crippen LogP) is 4.14. The molecule has 0 heterocycles. The Bertz CT molecular complexity index is 546. The molecule has 0 aliphatic rings. The van der Waals surface area contributed by atoms with E-state index in [1.165, 1.54) is 10.4 Å². The van der Waals surface area contributed by atoms with E-state index in [0.29, 0.717) is 29.6 Å². The Morgan fingerprint density at radius 2 is 1.95 bits per heavy atom. The second-order valence-electron chi connectivity index (χ2n) is 4.86. The molecule has 0 aliphatic heterocycles. The normalized spacial score (nSPS) is 13.7. The zero-order valence-electron chi connectivity index (χ0n) is 12.1. The zero-order chi connectivity index (χ0) is 15.3. The van der Waals surface area contributed by atoms with Crippen molar-refractivity contribution in [2.45, 2.75) is 38.0 Å². The van der Waals surface area contributed by atoms with E-state index in [0.717, 1.165) is 6.42 Å². The van der Waals surface area contributed by atoms with Gasteiger partial charge in [-0.1, -0.05) is 38.8 Å². The number of rotatable bonds is 7. The minimum absolute atomic E-state index is 0.194. The Balaban J connectivity index is 3.13. The van der Waals surface area contributed by atoms with Gasteiger partial charge in [-0.15, -0.1) is 11.6 Å². The first-order valence-corrected chi connectivity index (χ1v) is 9.06. The van der Waals surface area contributed by atoms with Crippen LogP contribution in [0.4, 0.5) is 0 Å². The summed E-state index contributed by atoms with van der Waals surface area (Å²) < 4.78 is 26.8. The summed E-state index contributed by atoms with van der Waals surface area (Å²) in [6, 6.07) is 4.68. The number of nitrogens with zero attached hydrogens (tertiary/aromatic N) is 1. The quantitative estimate of drug-likeness (QED) is 0.701. The highest BCUT2D eigenvalue weighted by molar-refractivity contribution is 7.89. The molecule has 0 aromatic heterocycles. The van der Waals surface area contributed by atoms with Crippen molar-refractivity contribution >= 4 is 33.2 Å². The van der Waals surface area contributed by atoms with Crippen molar-refractivity contribution in [2.75, 3.05) is 13.1 Å². The van der Waals surface area contributed by atoms with Gasteiger partial charge in [-0.05, 0) is 29.7 Å². The van der Waals surface area contributed by atoms with Crippen LogP contribution in [0.1, 0.15) is 32.8 Å². The summed E-state index contributed by atoms with van der Waals surface area (Å²) in [6.45, 7) is 6.92. The second kappa shape index (κ2) is 7.64. The lowest BCUT2D eigenvalue weighted by Gasteiger charge is -2.23. The Morgan fingerprint density at radius 1 is 1.30 bits per heavy atom. The molecule has 0 saturated carbocycles. The van der Waals surface area contributed by atoms with Crippen LogP contribution in [0, 0.1) is 5.92 Å². The molecule has 0 radical (unpaired) electrons. The Morgan fingerprint density at radius 3 is 2.45 bits per heavy atom. The van der Waals surface area contributed by atoms with E-state index >= 15 is 0 Å². The highest BCUT2D eigenvalue weighted by Gasteiger charge is 2.24. The summed E-state index contributed by atoms with van der Waals surface area (Å²) in [4.78, 5) is 0.253. The van der Waals surface area contributed by atoms with Gasteiger partial charge in [-0.2, -0.15) is 4.31 Å². The minimum Gasteiger partial charge on any atom is -0.207 e.